The summed E-state index contributed by atoms with van der Waals surface area (Å²) in [4.78, 5) is 12.5. The average Bonchev–Trinajstić information content (AvgIpc) is 3.51. The Bertz CT molecular complexity index is 1480. The minimum atomic E-state index is -0.419. The molecular formula is C31H28N2O3. The monoisotopic (exact) mass is 476 g/mol. The molecule has 0 aliphatic heterocycles. The number of fused-ring (bicyclic) bond motifs is 1. The molecule has 0 aliphatic carbocycles. The van der Waals surface area contributed by atoms with Crippen LogP contribution in [0.2, 0.25) is 0 Å². The fourth-order valence-electron chi connectivity index (χ4n) is 3.97. The van der Waals surface area contributed by atoms with Crippen molar-refractivity contribution in [3.8, 4) is 17.1 Å². The van der Waals surface area contributed by atoms with Crippen LogP contribution in [0.4, 0.5) is 0 Å². The molecule has 0 radical (unpaired) electrons. The van der Waals surface area contributed by atoms with E-state index in [0.29, 0.717) is 11.5 Å². The highest BCUT2D eigenvalue weighted by molar-refractivity contribution is 5.89. The summed E-state index contributed by atoms with van der Waals surface area (Å²) in [7, 11) is 0. The number of esters is 1. The summed E-state index contributed by atoms with van der Waals surface area (Å²) in [5, 5.41) is 5.76. The first kappa shape index (κ1) is 23.4. The standard InChI is InChI=1S/C31H28N2O3/c1-31(2,3)25-16-13-22(14-17-25)21-35-29(34)18-15-24-20-33(26-10-5-4-6-11-26)32-30(24)28-19-23-9-7-8-12-27(23)36-28/h4-20H,21H2,1-3H3. The van der Waals surface area contributed by atoms with Crippen LogP contribution in [0.5, 0.6) is 0 Å². The van der Waals surface area contributed by atoms with Gasteiger partial charge in [0.1, 0.15) is 17.9 Å². The predicted molar refractivity (Wildman–Crippen MR) is 143 cm³/mol. The summed E-state index contributed by atoms with van der Waals surface area (Å²) < 4.78 is 13.3. The number of nitrogens with zero attached hydrogens (tertiary/aromatic N) is 2. The van der Waals surface area contributed by atoms with Gasteiger partial charge in [0.15, 0.2) is 5.76 Å². The second-order valence-electron chi connectivity index (χ2n) is 9.75. The lowest BCUT2D eigenvalue weighted by atomic mass is 9.87. The largest absolute Gasteiger partial charge is 0.458 e. The number of benzene rings is 3. The van der Waals surface area contributed by atoms with Crippen molar-refractivity contribution in [1.29, 1.82) is 0 Å². The molecule has 2 heterocycles. The fraction of sp³-hybridized carbons (Fsp3) is 0.161. The molecule has 0 unspecified atom stereocenters. The molecule has 0 atom stereocenters. The third kappa shape index (κ3) is 5.15. The molecule has 0 aliphatic rings. The SMILES string of the molecule is CC(C)(C)c1ccc(COC(=O)C=Cc2cn(-c3ccccc3)nc2-c2cc3ccccc3o2)cc1. The minimum Gasteiger partial charge on any atom is -0.458 e. The quantitative estimate of drug-likeness (QED) is 0.190. The van der Waals surface area contributed by atoms with E-state index in [2.05, 4.69) is 32.9 Å². The molecule has 5 heteroatoms. The maximum absolute atomic E-state index is 12.5. The molecular weight excluding hydrogens is 448 g/mol. The molecule has 0 saturated carbocycles. The lowest BCUT2D eigenvalue weighted by Gasteiger charge is -2.19. The molecule has 180 valence electrons. The van der Waals surface area contributed by atoms with E-state index in [9.17, 15) is 4.79 Å². The topological polar surface area (TPSA) is 57.3 Å². The van der Waals surface area contributed by atoms with Crippen molar-refractivity contribution < 1.29 is 13.9 Å². The molecule has 0 N–H and O–H groups in total. The highest BCUT2D eigenvalue weighted by atomic mass is 16.5. The maximum atomic E-state index is 12.5. The molecule has 0 fully saturated rings. The summed E-state index contributed by atoms with van der Waals surface area (Å²) in [6, 6.07) is 27.8. The summed E-state index contributed by atoms with van der Waals surface area (Å²) in [6.07, 6.45) is 5.04. The van der Waals surface area contributed by atoms with Gasteiger partial charge >= 0.3 is 5.97 Å². The van der Waals surface area contributed by atoms with Gasteiger partial charge < -0.3 is 9.15 Å². The van der Waals surface area contributed by atoms with Gasteiger partial charge in [-0.1, -0.05) is 81.4 Å². The Labute approximate surface area is 210 Å². The van der Waals surface area contributed by atoms with Crippen molar-refractivity contribution in [3.05, 3.63) is 114 Å². The lowest BCUT2D eigenvalue weighted by Crippen LogP contribution is -2.10. The van der Waals surface area contributed by atoms with Gasteiger partial charge in [-0.3, -0.25) is 0 Å². The molecule has 0 spiro atoms. The predicted octanol–water partition coefficient (Wildman–Crippen LogP) is 7.34. The summed E-state index contributed by atoms with van der Waals surface area (Å²) in [5.41, 5.74) is 5.38. The maximum Gasteiger partial charge on any atom is 0.331 e. The molecule has 2 aromatic heterocycles. The molecule has 0 saturated heterocycles. The summed E-state index contributed by atoms with van der Waals surface area (Å²) >= 11 is 0. The summed E-state index contributed by atoms with van der Waals surface area (Å²) in [5.74, 6) is 0.218. The van der Waals surface area contributed by atoms with Crippen molar-refractivity contribution in [2.75, 3.05) is 0 Å². The van der Waals surface area contributed by atoms with Gasteiger partial charge in [-0.2, -0.15) is 5.10 Å². The molecule has 5 aromatic rings. The van der Waals surface area contributed by atoms with Crippen molar-refractivity contribution in [3.63, 3.8) is 0 Å². The van der Waals surface area contributed by atoms with Gasteiger partial charge in [0.2, 0.25) is 0 Å². The Morgan fingerprint density at radius 3 is 2.42 bits per heavy atom. The minimum absolute atomic E-state index is 0.0830. The van der Waals surface area contributed by atoms with Gasteiger partial charge in [0, 0.05) is 23.2 Å². The second kappa shape index (κ2) is 9.70. The molecule has 5 nitrogen and oxygen atoms in total. The zero-order chi connectivity index (χ0) is 25.1. The number of hydrogen-bond acceptors (Lipinski definition) is 4. The van der Waals surface area contributed by atoms with E-state index in [1.807, 2.05) is 79.0 Å². The molecule has 36 heavy (non-hydrogen) atoms. The molecule has 0 amide bonds. The lowest BCUT2D eigenvalue weighted by molar-refractivity contribution is -0.138. The number of para-hydroxylation sites is 2. The van der Waals surface area contributed by atoms with Crippen molar-refractivity contribution in [2.45, 2.75) is 32.8 Å². The van der Waals surface area contributed by atoms with Crippen molar-refractivity contribution >= 4 is 23.0 Å². The number of rotatable bonds is 6. The number of carbonyl (C=O) groups is 1. The fourth-order valence-corrected chi connectivity index (χ4v) is 3.97. The first-order valence-electron chi connectivity index (χ1n) is 12.0. The van der Waals surface area contributed by atoms with E-state index in [1.54, 1.807) is 10.8 Å². The zero-order valence-corrected chi connectivity index (χ0v) is 20.6. The smallest absolute Gasteiger partial charge is 0.331 e. The van der Waals surface area contributed by atoms with Crippen LogP contribution in [0.25, 0.3) is 34.2 Å². The van der Waals surface area contributed by atoms with Crippen molar-refractivity contribution in [1.82, 2.24) is 9.78 Å². The van der Waals surface area contributed by atoms with E-state index < -0.39 is 5.97 Å². The Kier molecular flexibility index (Phi) is 6.30. The van der Waals surface area contributed by atoms with E-state index in [-0.39, 0.29) is 12.0 Å². The van der Waals surface area contributed by atoms with Crippen LogP contribution in [0.1, 0.15) is 37.5 Å². The van der Waals surface area contributed by atoms with Gasteiger partial charge in [-0.15, -0.1) is 0 Å². The Balaban J connectivity index is 1.37. The first-order chi connectivity index (χ1) is 17.4. The van der Waals surface area contributed by atoms with Crippen molar-refractivity contribution in [2.24, 2.45) is 0 Å². The van der Waals surface area contributed by atoms with Crippen LogP contribution in [0.3, 0.4) is 0 Å². The van der Waals surface area contributed by atoms with Crippen LogP contribution in [-0.4, -0.2) is 15.7 Å². The number of furan rings is 1. The number of carbonyl (C=O) groups excluding carboxylic acids is 1. The molecule has 0 bridgehead atoms. The van der Waals surface area contributed by atoms with Crippen LogP contribution >= 0.6 is 0 Å². The van der Waals surface area contributed by atoms with Crippen LogP contribution in [0.15, 0.2) is 102 Å². The highest BCUT2D eigenvalue weighted by Crippen LogP contribution is 2.30. The third-order valence-corrected chi connectivity index (χ3v) is 6.02. The van der Waals surface area contributed by atoms with E-state index in [4.69, 9.17) is 14.3 Å². The third-order valence-electron chi connectivity index (χ3n) is 6.02. The van der Waals surface area contributed by atoms with Crippen LogP contribution in [0, 0.1) is 0 Å². The zero-order valence-electron chi connectivity index (χ0n) is 20.6. The first-order valence-corrected chi connectivity index (χ1v) is 12.0. The van der Waals surface area contributed by atoms with E-state index in [1.165, 1.54) is 11.6 Å². The van der Waals surface area contributed by atoms with Crippen LogP contribution < -0.4 is 0 Å². The normalized spacial score (nSPS) is 11.9. The Hall–Kier alpha value is -4.38. The van der Waals surface area contributed by atoms with Gasteiger partial charge in [-0.05, 0) is 46.9 Å². The van der Waals surface area contributed by atoms with Crippen LogP contribution in [-0.2, 0) is 21.6 Å². The number of aromatic nitrogens is 2. The number of hydrogen-bond donors (Lipinski definition) is 0. The van der Waals surface area contributed by atoms with Gasteiger partial charge in [-0.25, -0.2) is 9.48 Å². The average molecular weight is 477 g/mol. The van der Waals surface area contributed by atoms with Gasteiger partial charge in [0.05, 0.1) is 5.69 Å². The summed E-state index contributed by atoms with van der Waals surface area (Å²) in [6.45, 7) is 6.73. The second-order valence-corrected chi connectivity index (χ2v) is 9.75. The highest BCUT2D eigenvalue weighted by Gasteiger charge is 2.16. The Morgan fingerprint density at radius 1 is 0.972 bits per heavy atom. The Morgan fingerprint density at radius 2 is 1.69 bits per heavy atom. The van der Waals surface area contributed by atoms with E-state index in [0.717, 1.165) is 27.8 Å². The molecule has 5 rings (SSSR count). The number of ether oxygens (including phenoxy) is 1. The van der Waals surface area contributed by atoms with Gasteiger partial charge in [0.25, 0.3) is 0 Å². The molecule has 3 aromatic carbocycles. The van der Waals surface area contributed by atoms with E-state index >= 15 is 0 Å².